The van der Waals surface area contributed by atoms with E-state index in [0.717, 1.165) is 45.5 Å². The predicted octanol–water partition coefficient (Wildman–Crippen LogP) is 4.43. The Morgan fingerprint density at radius 2 is 1.87 bits per heavy atom. The zero-order valence-corrected chi connectivity index (χ0v) is 17.2. The van der Waals surface area contributed by atoms with Gasteiger partial charge in [-0.05, 0) is 54.8 Å². The summed E-state index contributed by atoms with van der Waals surface area (Å²) in [6.45, 7) is 5.25. The fraction of sp³-hybridized carbons (Fsp3) is 0.160. The molecule has 0 radical (unpaired) electrons. The maximum absolute atomic E-state index is 12.3. The van der Waals surface area contributed by atoms with Crippen LogP contribution in [0.25, 0.3) is 17.0 Å². The van der Waals surface area contributed by atoms with Crippen molar-refractivity contribution in [2.75, 3.05) is 0 Å². The molecular formula is C25H24N4O. The highest BCUT2D eigenvalue weighted by molar-refractivity contribution is 5.95. The number of hydrogen-bond donors (Lipinski definition) is 1. The van der Waals surface area contributed by atoms with Gasteiger partial charge in [-0.1, -0.05) is 42.5 Å². The van der Waals surface area contributed by atoms with E-state index < -0.39 is 0 Å². The Hall–Kier alpha value is -3.73. The van der Waals surface area contributed by atoms with Crippen molar-refractivity contribution in [1.82, 2.24) is 20.1 Å². The number of nitrogens with zero attached hydrogens (tertiary/aromatic N) is 3. The lowest BCUT2D eigenvalue weighted by Gasteiger charge is -2.08. The molecule has 1 amide bonds. The van der Waals surface area contributed by atoms with E-state index in [0.29, 0.717) is 6.54 Å². The molecule has 5 nitrogen and oxygen atoms in total. The van der Waals surface area contributed by atoms with Crippen LogP contribution in [0.15, 0.2) is 72.9 Å². The first-order chi connectivity index (χ1) is 14.6. The molecule has 0 unspecified atom stereocenters. The van der Waals surface area contributed by atoms with E-state index in [-0.39, 0.29) is 5.91 Å². The van der Waals surface area contributed by atoms with Crippen molar-refractivity contribution < 1.29 is 4.79 Å². The number of fused-ring (bicyclic) bond motifs is 1. The van der Waals surface area contributed by atoms with Gasteiger partial charge in [0, 0.05) is 29.9 Å². The number of aromatic nitrogens is 3. The molecule has 150 valence electrons. The Kier molecular flexibility index (Phi) is 5.70. The molecule has 4 rings (SSSR count). The van der Waals surface area contributed by atoms with E-state index in [4.69, 9.17) is 0 Å². The molecule has 2 aromatic heterocycles. The van der Waals surface area contributed by atoms with Crippen molar-refractivity contribution >= 4 is 22.9 Å². The van der Waals surface area contributed by atoms with E-state index in [2.05, 4.69) is 40.5 Å². The van der Waals surface area contributed by atoms with Gasteiger partial charge < -0.3 is 5.32 Å². The molecule has 0 aliphatic carbocycles. The number of amides is 1. The molecular weight excluding hydrogens is 372 g/mol. The number of rotatable bonds is 6. The highest BCUT2D eigenvalue weighted by atomic mass is 16.1. The minimum absolute atomic E-state index is 0.125. The van der Waals surface area contributed by atoms with Crippen LogP contribution in [-0.4, -0.2) is 20.7 Å². The van der Waals surface area contributed by atoms with Gasteiger partial charge >= 0.3 is 0 Å². The van der Waals surface area contributed by atoms with Crippen molar-refractivity contribution in [2.45, 2.75) is 26.9 Å². The number of benzene rings is 2. The molecule has 2 aromatic carbocycles. The smallest absolute Gasteiger partial charge is 0.244 e. The second-order valence-electron chi connectivity index (χ2n) is 7.37. The highest BCUT2D eigenvalue weighted by Crippen LogP contribution is 2.17. The second kappa shape index (κ2) is 8.74. The fourth-order valence-corrected chi connectivity index (χ4v) is 3.52. The van der Waals surface area contributed by atoms with Crippen LogP contribution in [0.2, 0.25) is 0 Å². The Balaban J connectivity index is 1.39. The Bertz CT molecular complexity index is 1220. The van der Waals surface area contributed by atoms with Crippen molar-refractivity contribution in [1.29, 1.82) is 0 Å². The van der Waals surface area contributed by atoms with Crippen LogP contribution in [0.3, 0.4) is 0 Å². The third-order valence-electron chi connectivity index (χ3n) is 4.99. The zero-order chi connectivity index (χ0) is 20.9. The summed E-state index contributed by atoms with van der Waals surface area (Å²) in [6, 6.07) is 20.1. The molecule has 5 heteroatoms. The Morgan fingerprint density at radius 3 is 2.70 bits per heavy atom. The predicted molar refractivity (Wildman–Crippen MR) is 120 cm³/mol. The largest absolute Gasteiger partial charge is 0.348 e. The summed E-state index contributed by atoms with van der Waals surface area (Å²) in [7, 11) is 0. The Morgan fingerprint density at radius 1 is 1.03 bits per heavy atom. The molecule has 0 atom stereocenters. The number of carbonyl (C=O) groups excluding carboxylic acids is 1. The summed E-state index contributed by atoms with van der Waals surface area (Å²) in [4.78, 5) is 16.7. The minimum Gasteiger partial charge on any atom is -0.348 e. The lowest BCUT2D eigenvalue weighted by atomic mass is 10.1. The highest BCUT2D eigenvalue weighted by Gasteiger charge is 2.04. The normalized spacial score (nSPS) is 11.3. The van der Waals surface area contributed by atoms with Gasteiger partial charge in [0.15, 0.2) is 0 Å². The Labute approximate surface area is 176 Å². The van der Waals surface area contributed by atoms with Crippen molar-refractivity contribution in [3.63, 3.8) is 0 Å². The van der Waals surface area contributed by atoms with Crippen LogP contribution in [0, 0.1) is 13.8 Å². The summed E-state index contributed by atoms with van der Waals surface area (Å²) in [6.07, 6.45) is 5.16. The van der Waals surface area contributed by atoms with E-state index >= 15 is 0 Å². The number of aryl methyl sites for hydroxylation is 2. The van der Waals surface area contributed by atoms with Crippen LogP contribution in [0.1, 0.15) is 28.1 Å². The maximum Gasteiger partial charge on any atom is 0.244 e. The van der Waals surface area contributed by atoms with Gasteiger partial charge in [0.25, 0.3) is 0 Å². The van der Waals surface area contributed by atoms with Crippen LogP contribution in [0.5, 0.6) is 0 Å². The van der Waals surface area contributed by atoms with E-state index in [9.17, 15) is 4.79 Å². The van der Waals surface area contributed by atoms with Gasteiger partial charge in [-0.15, -0.1) is 0 Å². The average molecular weight is 396 g/mol. The summed E-state index contributed by atoms with van der Waals surface area (Å²) in [5, 5.41) is 8.51. The fourth-order valence-electron chi connectivity index (χ4n) is 3.52. The van der Waals surface area contributed by atoms with Crippen LogP contribution >= 0.6 is 0 Å². The van der Waals surface area contributed by atoms with E-state index in [1.807, 2.05) is 60.1 Å². The molecule has 0 aliphatic rings. The summed E-state index contributed by atoms with van der Waals surface area (Å²) >= 11 is 0. The first kappa shape index (κ1) is 19.6. The van der Waals surface area contributed by atoms with Gasteiger partial charge in [-0.3, -0.25) is 14.5 Å². The van der Waals surface area contributed by atoms with Gasteiger partial charge in [0.05, 0.1) is 17.8 Å². The molecule has 1 N–H and O–H groups in total. The lowest BCUT2D eigenvalue weighted by Crippen LogP contribution is -2.20. The second-order valence-corrected chi connectivity index (χ2v) is 7.37. The summed E-state index contributed by atoms with van der Waals surface area (Å²) in [5.41, 5.74) is 6.27. The quantitative estimate of drug-likeness (QED) is 0.491. The molecule has 0 aliphatic heterocycles. The summed E-state index contributed by atoms with van der Waals surface area (Å²) in [5.74, 6) is -0.125. The van der Waals surface area contributed by atoms with Gasteiger partial charge in [0.2, 0.25) is 5.91 Å². The van der Waals surface area contributed by atoms with Crippen LogP contribution in [-0.2, 0) is 17.9 Å². The van der Waals surface area contributed by atoms with Crippen molar-refractivity contribution in [3.05, 3.63) is 101 Å². The summed E-state index contributed by atoms with van der Waals surface area (Å²) < 4.78 is 1.99. The molecule has 0 saturated heterocycles. The molecule has 0 bridgehead atoms. The molecule has 30 heavy (non-hydrogen) atoms. The molecule has 2 heterocycles. The van der Waals surface area contributed by atoms with Gasteiger partial charge in [-0.2, -0.15) is 5.10 Å². The average Bonchev–Trinajstić information content (AvgIpc) is 3.07. The lowest BCUT2D eigenvalue weighted by molar-refractivity contribution is -0.116. The molecule has 0 saturated carbocycles. The first-order valence-corrected chi connectivity index (χ1v) is 9.97. The topological polar surface area (TPSA) is 59.8 Å². The standard InChI is InChI=1S/C25H24N4O/c1-18-14-19(2)29(28-18)17-21-7-5-6-20(15-21)16-27-25(30)11-10-22-12-13-26-24-9-4-3-8-23(22)24/h3-15H,16-17H2,1-2H3,(H,27,30)/b11-10+. The number of pyridine rings is 1. The zero-order valence-electron chi connectivity index (χ0n) is 17.2. The SMILES string of the molecule is Cc1cc(C)n(Cc2cccc(CNC(=O)/C=C/c3ccnc4ccccc34)c2)n1. The van der Waals surface area contributed by atoms with E-state index in [1.165, 1.54) is 0 Å². The number of para-hydroxylation sites is 1. The molecule has 0 spiro atoms. The van der Waals surface area contributed by atoms with Gasteiger partial charge in [-0.25, -0.2) is 0 Å². The molecule has 0 fully saturated rings. The monoisotopic (exact) mass is 396 g/mol. The first-order valence-electron chi connectivity index (χ1n) is 9.97. The van der Waals surface area contributed by atoms with Crippen LogP contribution in [0.4, 0.5) is 0 Å². The van der Waals surface area contributed by atoms with E-state index in [1.54, 1.807) is 12.3 Å². The number of nitrogens with one attached hydrogen (secondary N) is 1. The number of carbonyl (C=O) groups is 1. The van der Waals surface area contributed by atoms with Crippen molar-refractivity contribution in [3.8, 4) is 0 Å². The molecule has 4 aromatic rings. The minimum atomic E-state index is -0.125. The van der Waals surface area contributed by atoms with Crippen molar-refractivity contribution in [2.24, 2.45) is 0 Å². The maximum atomic E-state index is 12.3. The van der Waals surface area contributed by atoms with Crippen LogP contribution < -0.4 is 5.32 Å². The third kappa shape index (κ3) is 4.63. The number of hydrogen-bond acceptors (Lipinski definition) is 3. The third-order valence-corrected chi connectivity index (χ3v) is 4.99. The van der Waals surface area contributed by atoms with Gasteiger partial charge in [0.1, 0.15) is 0 Å².